The zero-order chi connectivity index (χ0) is 13.9. The molecule has 0 saturated carbocycles. The molecule has 0 unspecified atom stereocenters. The molecular formula is C18H23Cl. The SMILES string of the molecule is CCCc1cccc(Cl)c1.CCCc1ccccc1. The summed E-state index contributed by atoms with van der Waals surface area (Å²) in [6.07, 6.45) is 4.76. The second-order valence-electron chi connectivity index (χ2n) is 4.62. The van der Waals surface area contributed by atoms with E-state index in [1.54, 1.807) is 0 Å². The third-order valence-electron chi connectivity index (χ3n) is 2.81. The molecule has 0 N–H and O–H groups in total. The van der Waals surface area contributed by atoms with E-state index in [1.165, 1.54) is 30.4 Å². The van der Waals surface area contributed by atoms with E-state index in [2.05, 4.69) is 50.2 Å². The lowest BCUT2D eigenvalue weighted by atomic mass is 10.1. The summed E-state index contributed by atoms with van der Waals surface area (Å²) in [4.78, 5) is 0. The molecular weight excluding hydrogens is 252 g/mol. The van der Waals surface area contributed by atoms with E-state index >= 15 is 0 Å². The van der Waals surface area contributed by atoms with E-state index in [0.29, 0.717) is 0 Å². The Morgan fingerprint density at radius 3 is 1.89 bits per heavy atom. The van der Waals surface area contributed by atoms with Gasteiger partial charge in [0.2, 0.25) is 0 Å². The highest BCUT2D eigenvalue weighted by atomic mass is 35.5. The van der Waals surface area contributed by atoms with Crippen molar-refractivity contribution in [2.45, 2.75) is 39.5 Å². The van der Waals surface area contributed by atoms with Crippen molar-refractivity contribution < 1.29 is 0 Å². The molecule has 0 nitrogen and oxygen atoms in total. The van der Waals surface area contributed by atoms with Crippen LogP contribution in [0.25, 0.3) is 0 Å². The molecule has 0 aliphatic carbocycles. The van der Waals surface area contributed by atoms with Gasteiger partial charge >= 0.3 is 0 Å². The summed E-state index contributed by atoms with van der Waals surface area (Å²) in [7, 11) is 0. The molecule has 0 spiro atoms. The second-order valence-corrected chi connectivity index (χ2v) is 5.05. The Morgan fingerprint density at radius 2 is 1.32 bits per heavy atom. The van der Waals surface area contributed by atoms with Crippen LogP contribution in [0.4, 0.5) is 0 Å². The maximum atomic E-state index is 5.78. The van der Waals surface area contributed by atoms with Gasteiger partial charge in [0.15, 0.2) is 0 Å². The van der Waals surface area contributed by atoms with E-state index in [-0.39, 0.29) is 0 Å². The Morgan fingerprint density at radius 1 is 0.737 bits per heavy atom. The number of hydrogen-bond acceptors (Lipinski definition) is 0. The summed E-state index contributed by atoms with van der Waals surface area (Å²) in [6.45, 7) is 4.37. The van der Waals surface area contributed by atoms with E-state index in [9.17, 15) is 0 Å². The standard InChI is InChI=1S/C9H11Cl.C9H12/c1-2-4-8-5-3-6-9(10)7-8;1-2-6-9-7-4-3-5-8-9/h3,5-7H,2,4H2,1H3;3-5,7-8H,2,6H2,1H3. The monoisotopic (exact) mass is 274 g/mol. The Hall–Kier alpha value is -1.27. The van der Waals surface area contributed by atoms with Crippen LogP contribution < -0.4 is 0 Å². The van der Waals surface area contributed by atoms with Crippen molar-refractivity contribution in [1.29, 1.82) is 0 Å². The minimum atomic E-state index is 0.839. The van der Waals surface area contributed by atoms with E-state index in [0.717, 1.165) is 11.4 Å². The molecule has 0 aromatic heterocycles. The number of aryl methyl sites for hydroxylation is 2. The Kier molecular flexibility index (Phi) is 8.00. The molecule has 0 heterocycles. The minimum Gasteiger partial charge on any atom is -0.0843 e. The summed E-state index contributed by atoms with van der Waals surface area (Å²) < 4.78 is 0. The zero-order valence-corrected chi connectivity index (χ0v) is 12.7. The summed E-state index contributed by atoms with van der Waals surface area (Å²) in [5.41, 5.74) is 2.77. The van der Waals surface area contributed by atoms with Crippen LogP contribution in [0.3, 0.4) is 0 Å². The zero-order valence-electron chi connectivity index (χ0n) is 11.9. The van der Waals surface area contributed by atoms with Crippen molar-refractivity contribution in [3.05, 3.63) is 70.7 Å². The molecule has 2 aromatic carbocycles. The first kappa shape index (κ1) is 15.8. The van der Waals surface area contributed by atoms with Crippen LogP contribution in [0.15, 0.2) is 54.6 Å². The Bertz CT molecular complexity index is 448. The number of halogens is 1. The van der Waals surface area contributed by atoms with Crippen LogP contribution >= 0.6 is 11.6 Å². The molecule has 0 aliphatic rings. The molecule has 0 radical (unpaired) electrons. The molecule has 0 atom stereocenters. The van der Waals surface area contributed by atoms with Gasteiger partial charge in [-0.05, 0) is 36.1 Å². The fraction of sp³-hybridized carbons (Fsp3) is 0.333. The lowest BCUT2D eigenvalue weighted by Gasteiger charge is -1.96. The first-order valence-corrected chi connectivity index (χ1v) is 7.42. The third-order valence-corrected chi connectivity index (χ3v) is 3.04. The third kappa shape index (κ3) is 7.03. The van der Waals surface area contributed by atoms with Crippen LogP contribution in [-0.2, 0) is 12.8 Å². The molecule has 2 aromatic rings. The maximum Gasteiger partial charge on any atom is 0.0408 e. The molecule has 0 bridgehead atoms. The summed E-state index contributed by atoms with van der Waals surface area (Å²) in [5.74, 6) is 0. The van der Waals surface area contributed by atoms with Gasteiger partial charge in [0.25, 0.3) is 0 Å². The van der Waals surface area contributed by atoms with Crippen molar-refractivity contribution >= 4 is 11.6 Å². The average molecular weight is 275 g/mol. The highest BCUT2D eigenvalue weighted by Gasteiger charge is 1.90. The van der Waals surface area contributed by atoms with Gasteiger partial charge in [-0.1, -0.05) is 80.8 Å². The normalized spacial score (nSPS) is 9.63. The predicted molar refractivity (Wildman–Crippen MR) is 85.9 cm³/mol. The Labute approximate surface area is 122 Å². The van der Waals surface area contributed by atoms with Crippen molar-refractivity contribution in [3.8, 4) is 0 Å². The average Bonchev–Trinajstić information content (AvgIpc) is 2.41. The molecule has 0 aliphatic heterocycles. The van der Waals surface area contributed by atoms with E-state index < -0.39 is 0 Å². The van der Waals surface area contributed by atoms with Gasteiger partial charge in [0, 0.05) is 5.02 Å². The topological polar surface area (TPSA) is 0 Å². The lowest BCUT2D eigenvalue weighted by molar-refractivity contribution is 0.922. The predicted octanol–water partition coefficient (Wildman–Crippen LogP) is 5.93. The quantitative estimate of drug-likeness (QED) is 0.648. The largest absolute Gasteiger partial charge is 0.0843 e. The molecule has 102 valence electrons. The first-order valence-electron chi connectivity index (χ1n) is 7.04. The lowest BCUT2D eigenvalue weighted by Crippen LogP contribution is -1.80. The molecule has 1 heteroatoms. The van der Waals surface area contributed by atoms with Crippen LogP contribution in [-0.4, -0.2) is 0 Å². The smallest absolute Gasteiger partial charge is 0.0408 e. The Balaban J connectivity index is 0.000000191. The van der Waals surface area contributed by atoms with Crippen molar-refractivity contribution in [2.24, 2.45) is 0 Å². The van der Waals surface area contributed by atoms with Gasteiger partial charge in [0.05, 0.1) is 0 Å². The van der Waals surface area contributed by atoms with E-state index in [4.69, 9.17) is 11.6 Å². The molecule has 0 saturated heterocycles. The van der Waals surface area contributed by atoms with Crippen LogP contribution in [0.1, 0.15) is 37.8 Å². The summed E-state index contributed by atoms with van der Waals surface area (Å²) >= 11 is 5.78. The molecule has 0 fully saturated rings. The molecule has 0 amide bonds. The van der Waals surface area contributed by atoms with Crippen molar-refractivity contribution in [3.63, 3.8) is 0 Å². The molecule has 2 rings (SSSR count). The van der Waals surface area contributed by atoms with Crippen LogP contribution in [0.2, 0.25) is 5.02 Å². The number of benzene rings is 2. The highest BCUT2D eigenvalue weighted by Crippen LogP contribution is 2.11. The van der Waals surface area contributed by atoms with Gasteiger partial charge in [-0.25, -0.2) is 0 Å². The van der Waals surface area contributed by atoms with Gasteiger partial charge in [-0.2, -0.15) is 0 Å². The van der Waals surface area contributed by atoms with E-state index in [1.807, 2.05) is 18.2 Å². The van der Waals surface area contributed by atoms with Crippen molar-refractivity contribution in [1.82, 2.24) is 0 Å². The van der Waals surface area contributed by atoms with Crippen molar-refractivity contribution in [2.75, 3.05) is 0 Å². The fourth-order valence-corrected chi connectivity index (χ4v) is 2.13. The summed E-state index contributed by atoms with van der Waals surface area (Å²) in [6, 6.07) is 18.6. The van der Waals surface area contributed by atoms with Gasteiger partial charge in [-0.3, -0.25) is 0 Å². The first-order chi connectivity index (χ1) is 9.26. The van der Waals surface area contributed by atoms with Crippen LogP contribution in [0, 0.1) is 0 Å². The van der Waals surface area contributed by atoms with Gasteiger partial charge < -0.3 is 0 Å². The number of hydrogen-bond donors (Lipinski definition) is 0. The minimum absolute atomic E-state index is 0.839. The maximum absolute atomic E-state index is 5.78. The molecule has 19 heavy (non-hydrogen) atoms. The van der Waals surface area contributed by atoms with Crippen LogP contribution in [0.5, 0.6) is 0 Å². The highest BCUT2D eigenvalue weighted by molar-refractivity contribution is 6.30. The van der Waals surface area contributed by atoms with Gasteiger partial charge in [0.1, 0.15) is 0 Å². The number of rotatable bonds is 4. The second kappa shape index (κ2) is 9.63. The summed E-state index contributed by atoms with van der Waals surface area (Å²) in [5, 5.41) is 0.839. The van der Waals surface area contributed by atoms with Gasteiger partial charge in [-0.15, -0.1) is 0 Å². The fourth-order valence-electron chi connectivity index (χ4n) is 1.91.